The van der Waals surface area contributed by atoms with Crippen LogP contribution in [0.25, 0.3) is 21.5 Å². The van der Waals surface area contributed by atoms with Gasteiger partial charge in [0.2, 0.25) is 21.7 Å². The Hall–Kier alpha value is -3.57. The molecular weight excluding hydrogens is 474 g/mol. The standard InChI is InChI=1S/C23H17N5O4S2/c1-8-3-4-10(14-12(8)22(31)18(27-33)17(25)21(14)30)5-6-11-15-13(9(2)7-26-11)20(29)16(24)19(28-34)23(15)32/h3-4,7,24-25,33-34H,5-6H2,1-2H3/b24-16?,25-17?,27-18+,28-19+. The molecule has 2 N–H and O–H groups in total. The maximum absolute atomic E-state index is 13.0. The van der Waals surface area contributed by atoms with Gasteiger partial charge in [-0.1, -0.05) is 12.1 Å². The zero-order valence-corrected chi connectivity index (χ0v) is 19.8. The summed E-state index contributed by atoms with van der Waals surface area (Å²) in [7, 11) is 0. The Labute approximate surface area is 201 Å². The van der Waals surface area contributed by atoms with Gasteiger partial charge in [0.05, 0.1) is 11.1 Å². The Kier molecular flexibility index (Phi) is 6.00. The third-order valence-corrected chi connectivity index (χ3v) is 6.34. The summed E-state index contributed by atoms with van der Waals surface area (Å²) in [6, 6.07) is 3.39. The lowest BCUT2D eigenvalue weighted by Crippen LogP contribution is -2.48. The van der Waals surface area contributed by atoms with Gasteiger partial charge in [0.1, 0.15) is 21.4 Å². The van der Waals surface area contributed by atoms with E-state index >= 15 is 0 Å². The molecule has 0 aliphatic heterocycles. The highest BCUT2D eigenvalue weighted by Crippen LogP contribution is 2.19. The van der Waals surface area contributed by atoms with Crippen molar-refractivity contribution in [3.05, 3.63) is 103 Å². The molecule has 170 valence electrons. The second kappa shape index (κ2) is 8.65. The lowest BCUT2D eigenvalue weighted by Gasteiger charge is -2.10. The normalized spacial score (nSPS) is 12.8. The summed E-state index contributed by atoms with van der Waals surface area (Å²) in [6.45, 7) is 3.32. The number of rotatable bonds is 3. The topological polar surface area (TPSA) is 154 Å². The number of aromatic nitrogens is 1. The number of nitrogens with zero attached hydrogens (tertiary/aromatic N) is 3. The van der Waals surface area contributed by atoms with E-state index in [1.165, 1.54) is 6.20 Å². The van der Waals surface area contributed by atoms with Crippen LogP contribution in [-0.2, 0) is 12.8 Å². The molecule has 0 atom stereocenters. The van der Waals surface area contributed by atoms with Crippen LogP contribution in [0.5, 0.6) is 0 Å². The summed E-state index contributed by atoms with van der Waals surface area (Å²) >= 11 is 7.47. The monoisotopic (exact) mass is 491 g/mol. The van der Waals surface area contributed by atoms with Crippen LogP contribution in [0.3, 0.4) is 0 Å². The second-order valence-electron chi connectivity index (χ2n) is 7.89. The predicted octanol–water partition coefficient (Wildman–Crippen LogP) is -0.568. The first kappa shape index (κ1) is 23.6. The largest absolute Gasteiger partial charge is 0.295 e. The average Bonchev–Trinajstić information content (AvgIpc) is 2.81. The Balaban J connectivity index is 1.99. The van der Waals surface area contributed by atoms with Crippen molar-refractivity contribution in [1.82, 2.24) is 4.98 Å². The molecule has 4 aromatic rings. The third kappa shape index (κ3) is 3.39. The fourth-order valence-corrected chi connectivity index (χ4v) is 4.64. The van der Waals surface area contributed by atoms with Crippen LogP contribution >= 0.6 is 25.6 Å². The van der Waals surface area contributed by atoms with Crippen molar-refractivity contribution in [2.24, 2.45) is 8.80 Å². The molecule has 1 heterocycles. The molecule has 0 fully saturated rings. The van der Waals surface area contributed by atoms with E-state index in [1.54, 1.807) is 26.0 Å². The van der Waals surface area contributed by atoms with Crippen LogP contribution in [0.15, 0.2) is 46.3 Å². The molecule has 9 nitrogen and oxygen atoms in total. The number of hydrogen-bond donors (Lipinski definition) is 4. The van der Waals surface area contributed by atoms with Crippen LogP contribution in [-0.4, -0.2) is 4.98 Å². The Morgan fingerprint density at radius 2 is 1.26 bits per heavy atom. The van der Waals surface area contributed by atoms with Crippen molar-refractivity contribution in [2.45, 2.75) is 26.7 Å². The van der Waals surface area contributed by atoms with E-state index in [1.807, 2.05) is 0 Å². The summed E-state index contributed by atoms with van der Waals surface area (Å²) in [4.78, 5) is 55.9. The third-order valence-electron chi connectivity index (χ3n) is 5.94. The minimum Gasteiger partial charge on any atom is -0.295 e. The van der Waals surface area contributed by atoms with E-state index in [0.717, 1.165) is 0 Å². The number of aryl methyl sites for hydroxylation is 4. The fraction of sp³-hybridized carbons (Fsp3) is 0.174. The van der Waals surface area contributed by atoms with E-state index in [9.17, 15) is 19.2 Å². The molecule has 0 unspecified atom stereocenters. The predicted molar refractivity (Wildman–Crippen MR) is 133 cm³/mol. The highest BCUT2D eigenvalue weighted by molar-refractivity contribution is 7.78. The maximum Gasteiger partial charge on any atom is 0.216 e. The molecular formula is C23H17N5O4S2. The average molecular weight is 492 g/mol. The van der Waals surface area contributed by atoms with Crippen molar-refractivity contribution in [1.29, 1.82) is 10.8 Å². The zero-order chi connectivity index (χ0) is 24.9. The number of hydrogen-bond acceptors (Lipinski definition) is 11. The SMILES string of the molecule is Cc1cnc(CCc2ccc(C)c3c(=O)/c(=N/S)c(=N)c(=O)c23)c2c(=O)/c(=N/S)c(=N)c(=O)c12. The lowest BCUT2D eigenvalue weighted by atomic mass is 9.94. The molecule has 4 rings (SSSR count). The van der Waals surface area contributed by atoms with Crippen molar-refractivity contribution in [3.8, 4) is 0 Å². The lowest BCUT2D eigenvalue weighted by molar-refractivity contribution is 0.926. The summed E-state index contributed by atoms with van der Waals surface area (Å²) in [5.41, 5.74) is -0.600. The number of benzene rings is 3. The van der Waals surface area contributed by atoms with E-state index in [2.05, 4.69) is 39.4 Å². The molecule has 11 heteroatoms. The minimum absolute atomic E-state index is 0.0643. The highest BCUT2D eigenvalue weighted by Gasteiger charge is 2.18. The van der Waals surface area contributed by atoms with Gasteiger partial charge in [-0.3, -0.25) is 35.0 Å². The summed E-state index contributed by atoms with van der Waals surface area (Å²) < 4.78 is 7.04. The van der Waals surface area contributed by atoms with Crippen molar-refractivity contribution >= 4 is 47.2 Å². The summed E-state index contributed by atoms with van der Waals surface area (Å²) in [5, 5.41) is 14.8. The maximum atomic E-state index is 13.0. The molecule has 0 saturated carbocycles. The minimum atomic E-state index is -0.635. The Morgan fingerprint density at radius 1 is 0.735 bits per heavy atom. The highest BCUT2D eigenvalue weighted by atomic mass is 32.1. The summed E-state index contributed by atoms with van der Waals surface area (Å²) in [6.07, 6.45) is 1.82. The van der Waals surface area contributed by atoms with E-state index < -0.39 is 32.4 Å². The quantitative estimate of drug-likeness (QED) is 0.283. The van der Waals surface area contributed by atoms with Crippen molar-refractivity contribution in [3.63, 3.8) is 0 Å². The van der Waals surface area contributed by atoms with Gasteiger partial charge >= 0.3 is 0 Å². The second-order valence-corrected chi connectivity index (χ2v) is 8.29. The van der Waals surface area contributed by atoms with Crippen molar-refractivity contribution < 1.29 is 0 Å². The molecule has 0 bridgehead atoms. The van der Waals surface area contributed by atoms with Gasteiger partial charge in [0.15, 0.2) is 0 Å². The summed E-state index contributed by atoms with van der Waals surface area (Å²) in [5.74, 6) is 0. The van der Waals surface area contributed by atoms with E-state index in [0.29, 0.717) is 22.4 Å². The fourth-order valence-electron chi connectivity index (χ4n) is 4.26. The van der Waals surface area contributed by atoms with Gasteiger partial charge in [-0.2, -0.15) is 0 Å². The van der Waals surface area contributed by atoms with Crippen LogP contribution in [0.2, 0.25) is 0 Å². The van der Waals surface area contributed by atoms with Gasteiger partial charge in [0.25, 0.3) is 0 Å². The number of thiol groups is 2. The molecule has 0 amide bonds. The molecule has 0 radical (unpaired) electrons. The van der Waals surface area contributed by atoms with Crippen molar-refractivity contribution in [2.75, 3.05) is 0 Å². The first-order valence-corrected chi connectivity index (χ1v) is 10.9. The smallest absolute Gasteiger partial charge is 0.216 e. The molecule has 1 aromatic heterocycles. The van der Waals surface area contributed by atoms with Gasteiger partial charge in [0, 0.05) is 22.4 Å². The van der Waals surface area contributed by atoms with Gasteiger partial charge < -0.3 is 0 Å². The van der Waals surface area contributed by atoms with Gasteiger partial charge in [-0.15, -0.1) is 0 Å². The van der Waals surface area contributed by atoms with E-state index in [4.69, 9.17) is 10.8 Å². The van der Waals surface area contributed by atoms with Gasteiger partial charge in [-0.25, -0.2) is 8.80 Å². The van der Waals surface area contributed by atoms with Crippen LogP contribution in [0, 0.1) is 24.7 Å². The van der Waals surface area contributed by atoms with Crippen LogP contribution in [0.1, 0.15) is 22.4 Å². The molecule has 0 spiro atoms. The van der Waals surface area contributed by atoms with E-state index in [-0.39, 0.29) is 45.1 Å². The van der Waals surface area contributed by atoms with Crippen LogP contribution in [0.4, 0.5) is 0 Å². The molecule has 0 aliphatic carbocycles. The number of pyridine rings is 1. The first-order valence-electron chi connectivity index (χ1n) is 10.1. The number of fused-ring (bicyclic) bond motifs is 2. The Bertz CT molecular complexity index is 1980. The Morgan fingerprint density at radius 3 is 1.85 bits per heavy atom. The molecule has 0 saturated heterocycles. The zero-order valence-electron chi connectivity index (χ0n) is 18.0. The first-order chi connectivity index (χ1) is 16.1. The number of nitrogens with one attached hydrogen (secondary N) is 2. The van der Waals surface area contributed by atoms with Gasteiger partial charge in [-0.05, 0) is 69.0 Å². The molecule has 34 heavy (non-hydrogen) atoms. The van der Waals surface area contributed by atoms with Crippen LogP contribution < -0.4 is 43.1 Å². The molecule has 0 aliphatic rings. The molecule has 3 aromatic carbocycles.